The van der Waals surface area contributed by atoms with E-state index in [9.17, 15) is 9.59 Å². The topological polar surface area (TPSA) is 75.5 Å². The number of carbonyl (C=O) groups excluding carboxylic acids is 2. The van der Waals surface area contributed by atoms with E-state index in [4.69, 9.17) is 9.15 Å². The summed E-state index contributed by atoms with van der Waals surface area (Å²) in [6, 6.07) is 7.31. The van der Waals surface area contributed by atoms with Crippen LogP contribution < -0.4 is 0 Å². The minimum Gasteiger partial charge on any atom is -0.467 e. The molecule has 0 aromatic carbocycles. The third-order valence-corrected chi connectivity index (χ3v) is 5.23. The zero-order chi connectivity index (χ0) is 19.4. The molecule has 142 valence electrons. The molecule has 6 nitrogen and oxygen atoms in total. The Kier molecular flexibility index (Phi) is 5.81. The number of aromatic amines is 1. The van der Waals surface area contributed by atoms with Crippen LogP contribution in [0.5, 0.6) is 0 Å². The Morgan fingerprint density at radius 3 is 2.67 bits per heavy atom. The van der Waals surface area contributed by atoms with E-state index in [2.05, 4.69) is 4.98 Å². The van der Waals surface area contributed by atoms with Gasteiger partial charge in [-0.25, -0.2) is 4.79 Å². The highest BCUT2D eigenvalue weighted by atomic mass is 32.1. The van der Waals surface area contributed by atoms with Crippen LogP contribution in [0.25, 0.3) is 0 Å². The fourth-order valence-corrected chi connectivity index (χ4v) is 3.66. The lowest BCUT2D eigenvalue weighted by Gasteiger charge is -2.22. The number of ether oxygens (including phenoxy) is 1. The molecule has 7 heteroatoms. The van der Waals surface area contributed by atoms with Gasteiger partial charge in [-0.05, 0) is 55.5 Å². The highest BCUT2D eigenvalue weighted by Crippen LogP contribution is 2.24. The summed E-state index contributed by atoms with van der Waals surface area (Å²) in [5, 5.41) is 1.88. The first kappa shape index (κ1) is 19.0. The number of aryl methyl sites for hydroxylation is 1. The fraction of sp³-hybridized carbons (Fsp3) is 0.300. The molecule has 27 heavy (non-hydrogen) atoms. The number of carbonyl (C=O) groups is 2. The van der Waals surface area contributed by atoms with Gasteiger partial charge in [-0.3, -0.25) is 4.79 Å². The van der Waals surface area contributed by atoms with Crippen molar-refractivity contribution in [2.45, 2.75) is 33.9 Å². The summed E-state index contributed by atoms with van der Waals surface area (Å²) in [4.78, 5) is 30.6. The van der Waals surface area contributed by atoms with E-state index in [1.165, 1.54) is 11.3 Å². The Hall–Kier alpha value is -2.80. The lowest BCUT2D eigenvalue weighted by molar-refractivity contribution is 0.0519. The standard InChI is InChI=1S/C20H22N2O4S/c1-4-25-20(24)18-13(2)16(14(3)21-18)12-22(11-15-7-5-9-26-15)19(23)17-8-6-10-27-17/h5-10,21H,4,11-12H2,1-3H3. The Morgan fingerprint density at radius 2 is 2.04 bits per heavy atom. The van der Waals surface area contributed by atoms with E-state index in [1.807, 2.05) is 37.4 Å². The molecule has 1 amide bonds. The number of rotatable bonds is 7. The van der Waals surface area contributed by atoms with Crippen LogP contribution in [0.15, 0.2) is 40.3 Å². The normalized spacial score (nSPS) is 10.8. The minimum atomic E-state index is -0.383. The van der Waals surface area contributed by atoms with Gasteiger partial charge in [-0.2, -0.15) is 0 Å². The quantitative estimate of drug-likeness (QED) is 0.614. The van der Waals surface area contributed by atoms with E-state index in [1.54, 1.807) is 24.2 Å². The Labute approximate surface area is 161 Å². The van der Waals surface area contributed by atoms with E-state index in [-0.39, 0.29) is 11.9 Å². The summed E-state index contributed by atoms with van der Waals surface area (Å²) < 4.78 is 10.5. The van der Waals surface area contributed by atoms with Crippen LogP contribution in [-0.4, -0.2) is 28.4 Å². The molecule has 3 aromatic rings. The maximum absolute atomic E-state index is 13.0. The van der Waals surface area contributed by atoms with Gasteiger partial charge in [-0.1, -0.05) is 6.07 Å². The van der Waals surface area contributed by atoms with Gasteiger partial charge >= 0.3 is 5.97 Å². The van der Waals surface area contributed by atoms with Gasteiger partial charge in [0.2, 0.25) is 0 Å². The summed E-state index contributed by atoms with van der Waals surface area (Å²) >= 11 is 1.40. The van der Waals surface area contributed by atoms with Crippen molar-refractivity contribution in [2.24, 2.45) is 0 Å². The number of aromatic nitrogens is 1. The van der Waals surface area contributed by atoms with E-state index in [0.29, 0.717) is 36.0 Å². The number of amides is 1. The number of furan rings is 1. The number of nitrogens with zero attached hydrogens (tertiary/aromatic N) is 1. The zero-order valence-electron chi connectivity index (χ0n) is 15.6. The molecule has 0 aliphatic carbocycles. The second-order valence-electron chi connectivity index (χ2n) is 6.17. The Bertz CT molecular complexity index is 910. The van der Waals surface area contributed by atoms with Crippen molar-refractivity contribution >= 4 is 23.2 Å². The molecule has 0 unspecified atom stereocenters. The van der Waals surface area contributed by atoms with Crippen molar-refractivity contribution in [3.8, 4) is 0 Å². The first-order valence-electron chi connectivity index (χ1n) is 8.71. The first-order valence-corrected chi connectivity index (χ1v) is 9.59. The lowest BCUT2D eigenvalue weighted by atomic mass is 10.1. The van der Waals surface area contributed by atoms with Gasteiger partial charge < -0.3 is 19.0 Å². The largest absolute Gasteiger partial charge is 0.467 e. The first-order chi connectivity index (χ1) is 13.0. The summed E-state index contributed by atoms with van der Waals surface area (Å²) in [6.45, 7) is 6.56. The van der Waals surface area contributed by atoms with Gasteiger partial charge in [0.15, 0.2) is 0 Å². The van der Waals surface area contributed by atoms with Crippen LogP contribution in [0, 0.1) is 13.8 Å². The van der Waals surface area contributed by atoms with Crippen molar-refractivity contribution in [3.63, 3.8) is 0 Å². The molecule has 0 aliphatic heterocycles. The number of thiophene rings is 1. The smallest absolute Gasteiger partial charge is 0.355 e. The SMILES string of the molecule is CCOC(=O)c1[nH]c(C)c(CN(Cc2ccco2)C(=O)c2cccs2)c1C. The summed E-state index contributed by atoms with van der Waals surface area (Å²) in [6.07, 6.45) is 1.59. The molecule has 0 atom stereocenters. The molecular formula is C20H22N2O4S. The highest BCUT2D eigenvalue weighted by molar-refractivity contribution is 7.12. The molecule has 3 rings (SSSR count). The molecule has 0 saturated heterocycles. The number of nitrogens with one attached hydrogen (secondary N) is 1. The Balaban J connectivity index is 1.90. The molecule has 0 spiro atoms. The molecule has 0 radical (unpaired) electrons. The van der Waals surface area contributed by atoms with Crippen LogP contribution in [0.2, 0.25) is 0 Å². The average Bonchev–Trinajstić information content (AvgIpc) is 3.39. The van der Waals surface area contributed by atoms with Crippen LogP contribution >= 0.6 is 11.3 Å². The molecule has 0 fully saturated rings. The van der Waals surface area contributed by atoms with Crippen molar-refractivity contribution in [1.82, 2.24) is 9.88 Å². The fourth-order valence-electron chi connectivity index (χ4n) is 2.97. The van der Waals surface area contributed by atoms with Crippen LogP contribution in [0.4, 0.5) is 0 Å². The highest BCUT2D eigenvalue weighted by Gasteiger charge is 2.24. The molecule has 3 heterocycles. The lowest BCUT2D eigenvalue weighted by Crippen LogP contribution is -2.29. The monoisotopic (exact) mass is 386 g/mol. The van der Waals surface area contributed by atoms with Gasteiger partial charge in [0, 0.05) is 12.2 Å². The van der Waals surface area contributed by atoms with Gasteiger partial charge in [-0.15, -0.1) is 11.3 Å². The maximum Gasteiger partial charge on any atom is 0.355 e. The second-order valence-corrected chi connectivity index (χ2v) is 7.11. The van der Waals surface area contributed by atoms with Crippen molar-refractivity contribution in [1.29, 1.82) is 0 Å². The van der Waals surface area contributed by atoms with Crippen LogP contribution in [0.3, 0.4) is 0 Å². The summed E-state index contributed by atoms with van der Waals surface area (Å²) in [5.41, 5.74) is 2.99. The number of esters is 1. The predicted octanol–water partition coefficient (Wildman–Crippen LogP) is 4.31. The second kappa shape index (κ2) is 8.26. The average molecular weight is 386 g/mol. The van der Waals surface area contributed by atoms with Crippen LogP contribution in [-0.2, 0) is 17.8 Å². The third-order valence-electron chi connectivity index (χ3n) is 4.37. The number of hydrogen-bond acceptors (Lipinski definition) is 5. The van der Waals surface area contributed by atoms with Crippen molar-refractivity contribution < 1.29 is 18.7 Å². The number of hydrogen-bond donors (Lipinski definition) is 1. The van der Waals surface area contributed by atoms with Crippen LogP contribution in [0.1, 0.15) is 49.7 Å². The van der Waals surface area contributed by atoms with Gasteiger partial charge in [0.05, 0.1) is 24.3 Å². The zero-order valence-corrected chi connectivity index (χ0v) is 16.4. The molecule has 3 aromatic heterocycles. The van der Waals surface area contributed by atoms with Crippen molar-refractivity contribution in [3.05, 3.63) is 69.1 Å². The third kappa shape index (κ3) is 4.14. The van der Waals surface area contributed by atoms with Gasteiger partial charge in [0.1, 0.15) is 11.5 Å². The van der Waals surface area contributed by atoms with E-state index >= 15 is 0 Å². The molecular weight excluding hydrogens is 364 g/mol. The van der Waals surface area contributed by atoms with E-state index < -0.39 is 0 Å². The number of H-pyrrole nitrogens is 1. The Morgan fingerprint density at radius 1 is 1.22 bits per heavy atom. The molecule has 1 N–H and O–H groups in total. The van der Waals surface area contributed by atoms with Crippen molar-refractivity contribution in [2.75, 3.05) is 6.61 Å². The van der Waals surface area contributed by atoms with Gasteiger partial charge in [0.25, 0.3) is 5.91 Å². The maximum atomic E-state index is 13.0. The summed E-state index contributed by atoms with van der Waals surface area (Å²) in [7, 11) is 0. The molecule has 0 bridgehead atoms. The van der Waals surface area contributed by atoms with E-state index in [0.717, 1.165) is 16.8 Å². The summed E-state index contributed by atoms with van der Waals surface area (Å²) in [5.74, 6) is 0.252. The minimum absolute atomic E-state index is 0.0703. The predicted molar refractivity (Wildman–Crippen MR) is 103 cm³/mol. The molecule has 0 aliphatic rings. The molecule has 0 saturated carbocycles.